The average molecular weight is 370 g/mol. The number of imidazole rings is 1. The third-order valence-electron chi connectivity index (χ3n) is 5.94. The van der Waals surface area contributed by atoms with Crippen LogP contribution in [-0.2, 0) is 22.1 Å². The van der Waals surface area contributed by atoms with Gasteiger partial charge in [0.1, 0.15) is 17.7 Å². The van der Waals surface area contributed by atoms with Crippen LogP contribution in [0, 0.1) is 11.7 Å². The molecular weight excluding hydrogens is 347 g/mol. The van der Waals surface area contributed by atoms with Crippen LogP contribution in [0.1, 0.15) is 36.7 Å². The van der Waals surface area contributed by atoms with E-state index in [2.05, 4.69) is 10.3 Å². The van der Waals surface area contributed by atoms with Crippen molar-refractivity contribution in [3.05, 3.63) is 53.9 Å². The quantitative estimate of drug-likeness (QED) is 0.875. The third-order valence-corrected chi connectivity index (χ3v) is 5.94. The summed E-state index contributed by atoms with van der Waals surface area (Å²) >= 11 is 0. The van der Waals surface area contributed by atoms with Crippen molar-refractivity contribution in [1.29, 1.82) is 0 Å². The van der Waals surface area contributed by atoms with Crippen molar-refractivity contribution in [2.45, 2.75) is 30.7 Å². The third kappa shape index (κ3) is 3.11. The number of hydrogen-bond acceptors (Lipinski definition) is 3. The van der Waals surface area contributed by atoms with Crippen molar-refractivity contribution >= 4 is 11.8 Å². The zero-order valence-electron chi connectivity index (χ0n) is 15.5. The second-order valence-electron chi connectivity index (χ2n) is 7.66. The molecule has 27 heavy (non-hydrogen) atoms. The summed E-state index contributed by atoms with van der Waals surface area (Å²) in [7, 11) is 3.57. The predicted molar refractivity (Wildman–Crippen MR) is 97.1 cm³/mol. The van der Waals surface area contributed by atoms with Gasteiger partial charge in [-0.25, -0.2) is 9.37 Å². The van der Waals surface area contributed by atoms with Crippen molar-refractivity contribution in [3.8, 4) is 0 Å². The van der Waals surface area contributed by atoms with E-state index >= 15 is 0 Å². The molecule has 0 radical (unpaired) electrons. The summed E-state index contributed by atoms with van der Waals surface area (Å²) in [6, 6.07) is 6.21. The number of rotatable bonds is 5. The summed E-state index contributed by atoms with van der Waals surface area (Å²) in [5.74, 6) is -0.248. The molecule has 2 aliphatic rings. The highest BCUT2D eigenvalue weighted by Crippen LogP contribution is 2.48. The van der Waals surface area contributed by atoms with Crippen molar-refractivity contribution in [3.63, 3.8) is 0 Å². The van der Waals surface area contributed by atoms with Crippen molar-refractivity contribution in [2.24, 2.45) is 13.0 Å². The molecule has 1 saturated heterocycles. The second kappa shape index (κ2) is 6.48. The number of amides is 2. The molecule has 2 atom stereocenters. The number of carbonyl (C=O) groups excluding carboxylic acids is 2. The van der Waals surface area contributed by atoms with E-state index in [4.69, 9.17) is 0 Å². The number of nitrogens with zero attached hydrogens (tertiary/aromatic N) is 3. The lowest BCUT2D eigenvalue weighted by molar-refractivity contribution is -0.128. The monoisotopic (exact) mass is 370 g/mol. The van der Waals surface area contributed by atoms with E-state index in [0.717, 1.165) is 18.4 Å². The zero-order valence-corrected chi connectivity index (χ0v) is 15.5. The fourth-order valence-corrected chi connectivity index (χ4v) is 4.04. The number of carbonyl (C=O) groups is 2. The summed E-state index contributed by atoms with van der Waals surface area (Å²) in [6.45, 7) is 0.455. The molecule has 7 heteroatoms. The fourth-order valence-electron chi connectivity index (χ4n) is 4.04. The van der Waals surface area contributed by atoms with E-state index in [1.54, 1.807) is 30.3 Å². The summed E-state index contributed by atoms with van der Waals surface area (Å²) < 4.78 is 15.4. The molecule has 1 aromatic carbocycles. The minimum Gasteiger partial charge on any atom is -0.355 e. The number of hydrogen-bond donors (Lipinski definition) is 1. The minimum absolute atomic E-state index is 0.0607. The fraction of sp³-hybridized carbons (Fsp3) is 0.450. The summed E-state index contributed by atoms with van der Waals surface area (Å²) in [5, 5.41) is 3.02. The molecule has 6 nitrogen and oxygen atoms in total. The molecular formula is C20H23FN4O2. The predicted octanol–water partition coefficient (Wildman–Crippen LogP) is 1.93. The Morgan fingerprint density at radius 2 is 2.15 bits per heavy atom. The smallest absolute Gasteiger partial charge is 0.226 e. The highest BCUT2D eigenvalue weighted by molar-refractivity contribution is 5.90. The van der Waals surface area contributed by atoms with Gasteiger partial charge < -0.3 is 14.8 Å². The van der Waals surface area contributed by atoms with Gasteiger partial charge in [-0.1, -0.05) is 12.1 Å². The number of likely N-dealkylation sites (tertiary alicyclic amines) is 1. The molecule has 2 aromatic rings. The Balaban J connectivity index is 1.49. The molecule has 1 aliphatic heterocycles. The van der Waals surface area contributed by atoms with Crippen molar-refractivity contribution in [1.82, 2.24) is 19.8 Å². The molecule has 1 saturated carbocycles. The lowest BCUT2D eigenvalue weighted by Crippen LogP contribution is -2.39. The standard InChI is InChI=1S/C20H23FN4O2/c1-24-9-8-22-18(24)17-15(11-16(26)25(17)2)19(27)23-12-20(6-7-20)13-4-3-5-14(21)10-13/h3-5,8-10,15,17H,6-7,11-12H2,1-2H3,(H,23,27)/t15-,17-/m0/s1. The number of aromatic nitrogens is 2. The number of nitrogens with one attached hydrogen (secondary N) is 1. The number of halogens is 1. The normalized spacial score (nSPS) is 23.5. The highest BCUT2D eigenvalue weighted by Gasteiger charge is 2.47. The van der Waals surface area contributed by atoms with Crippen LogP contribution in [0.3, 0.4) is 0 Å². The second-order valence-corrected chi connectivity index (χ2v) is 7.66. The van der Waals surface area contributed by atoms with Crippen LogP contribution in [0.4, 0.5) is 4.39 Å². The lowest BCUT2D eigenvalue weighted by Gasteiger charge is -2.25. The average Bonchev–Trinajstić information content (AvgIpc) is 3.25. The van der Waals surface area contributed by atoms with Crippen LogP contribution in [0.5, 0.6) is 0 Å². The van der Waals surface area contributed by atoms with Crippen molar-refractivity contribution < 1.29 is 14.0 Å². The lowest BCUT2D eigenvalue weighted by atomic mass is 9.94. The van der Waals surface area contributed by atoms with E-state index in [0.29, 0.717) is 12.4 Å². The molecule has 0 bridgehead atoms. The van der Waals surface area contributed by atoms with Gasteiger partial charge >= 0.3 is 0 Å². The molecule has 1 aliphatic carbocycles. The Hall–Kier alpha value is -2.70. The highest BCUT2D eigenvalue weighted by atomic mass is 19.1. The molecule has 0 spiro atoms. The first kappa shape index (κ1) is 17.7. The van der Waals surface area contributed by atoms with Gasteiger partial charge in [-0.05, 0) is 30.5 Å². The van der Waals surface area contributed by atoms with Gasteiger partial charge in [0.2, 0.25) is 11.8 Å². The first-order valence-corrected chi connectivity index (χ1v) is 9.18. The van der Waals surface area contributed by atoms with Crippen LogP contribution in [0.25, 0.3) is 0 Å². The van der Waals surface area contributed by atoms with Crippen LogP contribution in [-0.4, -0.2) is 39.9 Å². The number of aryl methyl sites for hydroxylation is 1. The van der Waals surface area contributed by atoms with Gasteiger partial charge in [-0.15, -0.1) is 0 Å². The van der Waals surface area contributed by atoms with E-state index in [9.17, 15) is 14.0 Å². The largest absolute Gasteiger partial charge is 0.355 e. The summed E-state index contributed by atoms with van der Waals surface area (Å²) in [4.78, 5) is 31.1. The first-order valence-electron chi connectivity index (χ1n) is 9.18. The van der Waals surface area contributed by atoms with Crippen molar-refractivity contribution in [2.75, 3.05) is 13.6 Å². The zero-order chi connectivity index (χ0) is 19.2. The molecule has 0 unspecified atom stereocenters. The number of benzene rings is 1. The Morgan fingerprint density at radius 3 is 2.78 bits per heavy atom. The SMILES string of the molecule is CN1C(=O)C[C@H](C(=O)NCC2(c3cccc(F)c3)CC2)[C@H]1c1nccn1C. The molecule has 1 N–H and O–H groups in total. The first-order chi connectivity index (χ1) is 12.9. The Labute approximate surface area is 157 Å². The summed E-state index contributed by atoms with van der Waals surface area (Å²) in [5.41, 5.74) is 0.730. The van der Waals surface area contributed by atoms with Crippen LogP contribution >= 0.6 is 0 Å². The molecule has 2 fully saturated rings. The Morgan fingerprint density at radius 1 is 1.37 bits per heavy atom. The van der Waals surface area contributed by atoms with Crippen LogP contribution < -0.4 is 5.32 Å². The van der Waals surface area contributed by atoms with Crippen LogP contribution in [0.2, 0.25) is 0 Å². The van der Waals surface area contributed by atoms with Gasteiger partial charge in [-0.2, -0.15) is 0 Å². The van der Waals surface area contributed by atoms with E-state index in [1.165, 1.54) is 6.07 Å². The van der Waals surface area contributed by atoms with Gasteiger partial charge in [0, 0.05) is 44.9 Å². The minimum atomic E-state index is -0.480. The Kier molecular flexibility index (Phi) is 4.25. The van der Waals surface area contributed by atoms with E-state index in [1.807, 2.05) is 23.9 Å². The summed E-state index contributed by atoms with van der Waals surface area (Å²) in [6.07, 6.45) is 5.49. The topological polar surface area (TPSA) is 67.2 Å². The Bertz CT molecular complexity index is 890. The maximum atomic E-state index is 13.6. The van der Waals surface area contributed by atoms with Gasteiger partial charge in [0.25, 0.3) is 0 Å². The van der Waals surface area contributed by atoms with Gasteiger partial charge in [0.05, 0.1) is 5.92 Å². The molecule has 2 heterocycles. The van der Waals surface area contributed by atoms with Crippen LogP contribution in [0.15, 0.2) is 36.7 Å². The maximum Gasteiger partial charge on any atom is 0.226 e. The van der Waals surface area contributed by atoms with E-state index < -0.39 is 5.92 Å². The maximum absolute atomic E-state index is 13.6. The molecule has 4 rings (SSSR count). The molecule has 2 amide bonds. The van der Waals surface area contributed by atoms with Gasteiger partial charge in [-0.3, -0.25) is 9.59 Å². The molecule has 142 valence electrons. The van der Waals surface area contributed by atoms with E-state index in [-0.39, 0.29) is 35.5 Å². The van der Waals surface area contributed by atoms with Gasteiger partial charge in [0.15, 0.2) is 0 Å². The molecule has 1 aromatic heterocycles.